The first-order valence-electron chi connectivity index (χ1n) is 6.73. The Hall–Kier alpha value is -2.55. The van der Waals surface area contributed by atoms with Crippen molar-refractivity contribution in [2.24, 2.45) is 4.99 Å². The lowest BCUT2D eigenvalue weighted by Crippen LogP contribution is -2.21. The summed E-state index contributed by atoms with van der Waals surface area (Å²) in [5.74, 6) is 1.29. The van der Waals surface area contributed by atoms with Gasteiger partial charge in [-0.2, -0.15) is 0 Å². The fraction of sp³-hybridized carbons (Fsp3) is 0.118. The lowest BCUT2D eigenvalue weighted by molar-refractivity contribution is 0.457. The molecular formula is C17H14N2O. The molecule has 2 heterocycles. The summed E-state index contributed by atoms with van der Waals surface area (Å²) in [6.45, 7) is 0.776. The number of aromatic hydroxyl groups is 1. The van der Waals surface area contributed by atoms with Crippen molar-refractivity contribution >= 4 is 16.6 Å². The molecule has 2 aliphatic heterocycles. The standard InChI is InChI=1S/C17H14N2O/c20-15-9-8-12-5-1-2-6-13(12)17(15)14-11-19-10-4-3-7-16(19)18-14/h1-10,14,20H,11H2. The number of phenolic OH excluding ortho intramolecular Hbond substituents is 1. The van der Waals surface area contributed by atoms with Crippen LogP contribution in [0.1, 0.15) is 11.6 Å². The van der Waals surface area contributed by atoms with E-state index in [-0.39, 0.29) is 6.04 Å². The van der Waals surface area contributed by atoms with Crippen molar-refractivity contribution in [1.29, 1.82) is 0 Å². The normalized spacial score (nSPS) is 20.3. The number of nitrogens with zero attached hydrogens (tertiary/aromatic N) is 2. The Kier molecular flexibility index (Phi) is 2.39. The van der Waals surface area contributed by atoms with Crippen LogP contribution in [-0.2, 0) is 0 Å². The molecule has 2 aromatic rings. The van der Waals surface area contributed by atoms with Gasteiger partial charge in [0.1, 0.15) is 11.6 Å². The van der Waals surface area contributed by atoms with E-state index in [0.717, 1.165) is 28.7 Å². The average Bonchev–Trinajstić information content (AvgIpc) is 2.90. The zero-order chi connectivity index (χ0) is 13.5. The van der Waals surface area contributed by atoms with E-state index in [2.05, 4.69) is 11.0 Å². The highest BCUT2D eigenvalue weighted by Gasteiger charge is 2.27. The van der Waals surface area contributed by atoms with Gasteiger partial charge in [0.15, 0.2) is 0 Å². The van der Waals surface area contributed by atoms with E-state index in [1.54, 1.807) is 6.07 Å². The predicted octanol–water partition coefficient (Wildman–Crippen LogP) is 3.38. The number of phenols is 1. The minimum atomic E-state index is -0.0245. The molecule has 3 nitrogen and oxygen atoms in total. The molecule has 1 N–H and O–H groups in total. The molecule has 98 valence electrons. The second-order valence-corrected chi connectivity index (χ2v) is 5.08. The molecule has 0 aromatic heterocycles. The SMILES string of the molecule is Oc1ccc2ccccc2c1C1CN2C=CC=CC2=N1. The molecule has 3 heteroatoms. The number of benzene rings is 2. The van der Waals surface area contributed by atoms with Crippen molar-refractivity contribution in [3.05, 3.63) is 66.4 Å². The first-order chi connectivity index (χ1) is 9.83. The number of rotatable bonds is 1. The van der Waals surface area contributed by atoms with Gasteiger partial charge in [-0.3, -0.25) is 4.99 Å². The van der Waals surface area contributed by atoms with Crippen LogP contribution in [0, 0.1) is 0 Å². The van der Waals surface area contributed by atoms with Crippen LogP contribution in [0.15, 0.2) is 65.8 Å². The van der Waals surface area contributed by atoms with E-state index < -0.39 is 0 Å². The predicted molar refractivity (Wildman–Crippen MR) is 80.8 cm³/mol. The van der Waals surface area contributed by atoms with Gasteiger partial charge < -0.3 is 10.0 Å². The summed E-state index contributed by atoms with van der Waals surface area (Å²) in [5, 5.41) is 12.5. The molecule has 1 atom stereocenters. The van der Waals surface area contributed by atoms with E-state index in [0.29, 0.717) is 5.75 Å². The Labute approximate surface area is 117 Å². The quantitative estimate of drug-likeness (QED) is 0.855. The number of allylic oxidation sites excluding steroid dienone is 2. The highest BCUT2D eigenvalue weighted by atomic mass is 16.3. The Morgan fingerprint density at radius 3 is 2.90 bits per heavy atom. The molecule has 20 heavy (non-hydrogen) atoms. The zero-order valence-corrected chi connectivity index (χ0v) is 10.9. The van der Waals surface area contributed by atoms with Crippen LogP contribution in [0.3, 0.4) is 0 Å². The minimum Gasteiger partial charge on any atom is -0.508 e. The van der Waals surface area contributed by atoms with Gasteiger partial charge in [0.25, 0.3) is 0 Å². The van der Waals surface area contributed by atoms with E-state index in [1.165, 1.54) is 0 Å². The molecule has 0 amide bonds. The molecule has 0 saturated carbocycles. The summed E-state index contributed by atoms with van der Waals surface area (Å²) in [4.78, 5) is 6.85. The number of fused-ring (bicyclic) bond motifs is 2. The molecule has 0 spiro atoms. The summed E-state index contributed by atoms with van der Waals surface area (Å²) < 4.78 is 0. The van der Waals surface area contributed by atoms with Crippen molar-refractivity contribution < 1.29 is 5.11 Å². The second-order valence-electron chi connectivity index (χ2n) is 5.08. The average molecular weight is 262 g/mol. The molecule has 0 aliphatic carbocycles. The Bertz CT molecular complexity index is 774. The van der Waals surface area contributed by atoms with Crippen LogP contribution in [0.5, 0.6) is 5.75 Å². The molecule has 0 fully saturated rings. The highest BCUT2D eigenvalue weighted by Crippen LogP contribution is 2.37. The fourth-order valence-corrected chi connectivity index (χ4v) is 2.92. The van der Waals surface area contributed by atoms with Crippen molar-refractivity contribution in [3.63, 3.8) is 0 Å². The third-order valence-corrected chi connectivity index (χ3v) is 3.86. The molecule has 1 unspecified atom stereocenters. The van der Waals surface area contributed by atoms with Gasteiger partial charge >= 0.3 is 0 Å². The summed E-state index contributed by atoms with van der Waals surface area (Å²) >= 11 is 0. The summed E-state index contributed by atoms with van der Waals surface area (Å²) in [6.07, 6.45) is 8.02. The van der Waals surface area contributed by atoms with Crippen molar-refractivity contribution in [3.8, 4) is 5.75 Å². The fourth-order valence-electron chi connectivity index (χ4n) is 2.92. The maximum Gasteiger partial charge on any atom is 0.128 e. The number of amidine groups is 1. The molecule has 0 saturated heterocycles. The van der Waals surface area contributed by atoms with Gasteiger partial charge in [-0.15, -0.1) is 0 Å². The largest absolute Gasteiger partial charge is 0.508 e. The number of hydrogen-bond donors (Lipinski definition) is 1. The third kappa shape index (κ3) is 1.63. The first-order valence-corrected chi connectivity index (χ1v) is 6.73. The summed E-state index contributed by atoms with van der Waals surface area (Å²) in [7, 11) is 0. The van der Waals surface area contributed by atoms with Crippen LogP contribution in [0.4, 0.5) is 0 Å². The van der Waals surface area contributed by atoms with Crippen LogP contribution >= 0.6 is 0 Å². The Balaban J connectivity index is 1.87. The lowest BCUT2D eigenvalue weighted by Gasteiger charge is -2.17. The molecule has 2 aliphatic rings. The Morgan fingerprint density at radius 1 is 1.10 bits per heavy atom. The van der Waals surface area contributed by atoms with Gasteiger partial charge in [-0.1, -0.05) is 36.4 Å². The third-order valence-electron chi connectivity index (χ3n) is 3.86. The highest BCUT2D eigenvalue weighted by molar-refractivity contribution is 5.97. The summed E-state index contributed by atoms with van der Waals surface area (Å²) in [5.41, 5.74) is 0.923. The van der Waals surface area contributed by atoms with E-state index in [9.17, 15) is 5.11 Å². The van der Waals surface area contributed by atoms with Crippen LogP contribution < -0.4 is 0 Å². The van der Waals surface area contributed by atoms with Crippen molar-refractivity contribution in [2.45, 2.75) is 6.04 Å². The topological polar surface area (TPSA) is 35.8 Å². The van der Waals surface area contributed by atoms with Gasteiger partial charge in [0.05, 0.1) is 12.6 Å². The van der Waals surface area contributed by atoms with E-state index in [1.807, 2.05) is 48.7 Å². The maximum atomic E-state index is 10.3. The maximum absolute atomic E-state index is 10.3. The molecular weight excluding hydrogens is 248 g/mol. The molecule has 4 rings (SSSR count). The second kappa shape index (κ2) is 4.23. The molecule has 0 bridgehead atoms. The minimum absolute atomic E-state index is 0.0245. The van der Waals surface area contributed by atoms with Crippen LogP contribution in [0.25, 0.3) is 10.8 Å². The monoisotopic (exact) mass is 262 g/mol. The van der Waals surface area contributed by atoms with Gasteiger partial charge in [0, 0.05) is 11.8 Å². The van der Waals surface area contributed by atoms with Gasteiger partial charge in [0.2, 0.25) is 0 Å². The molecule has 2 aromatic carbocycles. The number of hydrogen-bond acceptors (Lipinski definition) is 3. The zero-order valence-electron chi connectivity index (χ0n) is 10.9. The van der Waals surface area contributed by atoms with E-state index >= 15 is 0 Å². The first kappa shape index (κ1) is 11.3. The van der Waals surface area contributed by atoms with Gasteiger partial charge in [-0.25, -0.2) is 0 Å². The van der Waals surface area contributed by atoms with Crippen molar-refractivity contribution in [2.75, 3.05) is 6.54 Å². The van der Waals surface area contributed by atoms with E-state index in [4.69, 9.17) is 4.99 Å². The van der Waals surface area contributed by atoms with Crippen LogP contribution in [-0.4, -0.2) is 22.4 Å². The summed E-state index contributed by atoms with van der Waals surface area (Å²) in [6, 6.07) is 11.8. The number of aliphatic imine (C=N–C) groups is 1. The molecule has 0 radical (unpaired) electrons. The van der Waals surface area contributed by atoms with Crippen molar-refractivity contribution in [1.82, 2.24) is 4.90 Å². The Morgan fingerprint density at radius 2 is 2.00 bits per heavy atom. The lowest BCUT2D eigenvalue weighted by atomic mass is 9.98. The smallest absolute Gasteiger partial charge is 0.128 e. The van der Waals surface area contributed by atoms with Gasteiger partial charge in [-0.05, 0) is 29.0 Å². The van der Waals surface area contributed by atoms with Crippen LogP contribution in [0.2, 0.25) is 0 Å².